The van der Waals surface area contributed by atoms with Gasteiger partial charge in [-0.1, -0.05) is 32.6 Å². The van der Waals surface area contributed by atoms with Crippen molar-refractivity contribution in [3.05, 3.63) is 0 Å². The van der Waals surface area contributed by atoms with E-state index in [1.807, 2.05) is 6.92 Å². The van der Waals surface area contributed by atoms with Gasteiger partial charge in [-0.25, -0.2) is 0 Å². The summed E-state index contributed by atoms with van der Waals surface area (Å²) in [6.07, 6.45) is 22.8. The molecule has 0 heteroatoms. The van der Waals surface area contributed by atoms with E-state index >= 15 is 0 Å². The van der Waals surface area contributed by atoms with E-state index in [2.05, 4.69) is 62.2 Å². The van der Waals surface area contributed by atoms with Crippen LogP contribution >= 0.6 is 0 Å². The highest BCUT2D eigenvalue weighted by atomic mass is 14.4. The van der Waals surface area contributed by atoms with Crippen molar-refractivity contribution in [1.82, 2.24) is 0 Å². The van der Waals surface area contributed by atoms with Crippen molar-refractivity contribution in [3.8, 4) is 60.7 Å². The molecule has 0 aromatic heterocycles. The summed E-state index contributed by atoms with van der Waals surface area (Å²) in [5.41, 5.74) is -0.167. The van der Waals surface area contributed by atoms with Gasteiger partial charge in [-0.2, -0.15) is 0 Å². The van der Waals surface area contributed by atoms with Crippen LogP contribution in [0.5, 0.6) is 0 Å². The molecule has 0 fully saturated rings. The lowest BCUT2D eigenvalue weighted by atomic mass is 9.67. The van der Waals surface area contributed by atoms with Crippen LogP contribution in [0.25, 0.3) is 0 Å². The van der Waals surface area contributed by atoms with E-state index < -0.39 is 0 Å². The summed E-state index contributed by atoms with van der Waals surface area (Å²) in [4.78, 5) is 0. The SMILES string of the molecule is C#CCCCC(C#CC(C)CCC#CC)(CC(C)C#C)C(C)CC#C. The minimum atomic E-state index is -0.167. The normalized spacial score (nSPS) is 15.4. The van der Waals surface area contributed by atoms with Crippen molar-refractivity contribution in [2.75, 3.05) is 0 Å². The first kappa shape index (κ1) is 22.8. The van der Waals surface area contributed by atoms with Crippen LogP contribution < -0.4 is 0 Å². The number of unbranched alkanes of at least 4 members (excludes halogenated alkanes) is 1. The van der Waals surface area contributed by atoms with Crippen molar-refractivity contribution in [2.24, 2.45) is 23.2 Å². The molecule has 4 unspecified atom stereocenters. The largest absolute Gasteiger partial charge is 0.120 e. The smallest absolute Gasteiger partial charge is 0.0361 e. The summed E-state index contributed by atoms with van der Waals surface area (Å²) in [5, 5.41) is 0. The second-order valence-electron chi connectivity index (χ2n) is 6.93. The summed E-state index contributed by atoms with van der Waals surface area (Å²) in [7, 11) is 0. The van der Waals surface area contributed by atoms with Gasteiger partial charge in [0.1, 0.15) is 0 Å². The molecule has 0 saturated carbocycles. The Balaban J connectivity index is 5.56. The standard InChI is InChI=1S/C25H32/c1-8-12-14-17-23(6)18-20-25(19-15-13-9-2,21-22(5)11-4)24(7)16-10-3/h2-4,22-24H,13-17,19,21H2,1,5-7H3. The van der Waals surface area contributed by atoms with Gasteiger partial charge in [0.15, 0.2) is 0 Å². The molecular formula is C25H32. The molecule has 0 spiro atoms. The van der Waals surface area contributed by atoms with E-state index in [0.717, 1.165) is 38.5 Å². The Morgan fingerprint density at radius 2 is 1.68 bits per heavy atom. The van der Waals surface area contributed by atoms with Crippen LogP contribution in [-0.4, -0.2) is 0 Å². The molecule has 0 rings (SSSR count). The Hall–Kier alpha value is -2.20. The predicted molar refractivity (Wildman–Crippen MR) is 110 cm³/mol. The van der Waals surface area contributed by atoms with Gasteiger partial charge in [-0.15, -0.1) is 48.9 Å². The molecule has 0 N–H and O–H groups in total. The third kappa shape index (κ3) is 9.01. The second-order valence-corrected chi connectivity index (χ2v) is 6.93. The molecule has 132 valence electrons. The summed E-state index contributed by atoms with van der Waals surface area (Å²) in [5.74, 6) is 22.3. The maximum atomic E-state index is 5.66. The van der Waals surface area contributed by atoms with E-state index in [1.54, 1.807) is 0 Å². The van der Waals surface area contributed by atoms with E-state index in [4.69, 9.17) is 19.3 Å². The highest BCUT2D eigenvalue weighted by molar-refractivity contribution is 5.18. The van der Waals surface area contributed by atoms with Crippen LogP contribution in [0.1, 0.15) is 72.6 Å². The lowest BCUT2D eigenvalue weighted by molar-refractivity contribution is 0.204. The fraction of sp³-hybridized carbons (Fsp3) is 0.600. The molecule has 0 amide bonds. The average molecular weight is 333 g/mol. The molecule has 0 aliphatic rings. The van der Waals surface area contributed by atoms with E-state index in [1.165, 1.54) is 0 Å². The zero-order valence-corrected chi connectivity index (χ0v) is 16.4. The minimum absolute atomic E-state index is 0.167. The van der Waals surface area contributed by atoms with Crippen molar-refractivity contribution in [3.63, 3.8) is 0 Å². The maximum Gasteiger partial charge on any atom is 0.0361 e. The molecule has 0 aliphatic carbocycles. The van der Waals surface area contributed by atoms with Gasteiger partial charge >= 0.3 is 0 Å². The first-order valence-electron chi connectivity index (χ1n) is 9.21. The Morgan fingerprint density at radius 1 is 0.960 bits per heavy atom. The van der Waals surface area contributed by atoms with Crippen molar-refractivity contribution >= 4 is 0 Å². The van der Waals surface area contributed by atoms with Gasteiger partial charge in [0.2, 0.25) is 0 Å². The molecule has 25 heavy (non-hydrogen) atoms. The van der Waals surface area contributed by atoms with Crippen molar-refractivity contribution in [1.29, 1.82) is 0 Å². The van der Waals surface area contributed by atoms with Crippen LogP contribution in [0.3, 0.4) is 0 Å². The third-order valence-electron chi connectivity index (χ3n) is 4.71. The van der Waals surface area contributed by atoms with E-state index in [-0.39, 0.29) is 11.3 Å². The van der Waals surface area contributed by atoms with Gasteiger partial charge in [-0.05, 0) is 38.5 Å². The van der Waals surface area contributed by atoms with Gasteiger partial charge < -0.3 is 0 Å². The molecule has 0 aromatic carbocycles. The summed E-state index contributed by atoms with van der Waals surface area (Å²) >= 11 is 0. The number of terminal acetylenes is 3. The number of rotatable bonds is 9. The molecule has 0 saturated heterocycles. The fourth-order valence-corrected chi connectivity index (χ4v) is 3.02. The number of hydrogen-bond donors (Lipinski definition) is 0. The van der Waals surface area contributed by atoms with E-state index in [9.17, 15) is 0 Å². The van der Waals surface area contributed by atoms with Gasteiger partial charge in [-0.3, -0.25) is 0 Å². The Kier molecular flexibility index (Phi) is 12.0. The Morgan fingerprint density at radius 3 is 2.24 bits per heavy atom. The third-order valence-corrected chi connectivity index (χ3v) is 4.71. The molecule has 0 aromatic rings. The molecule has 0 heterocycles. The summed E-state index contributed by atoms with van der Waals surface area (Å²) < 4.78 is 0. The lowest BCUT2D eigenvalue weighted by Crippen LogP contribution is -2.30. The topological polar surface area (TPSA) is 0 Å². The Labute approximate surface area is 156 Å². The van der Waals surface area contributed by atoms with Gasteiger partial charge in [0, 0.05) is 36.5 Å². The molecule has 0 radical (unpaired) electrons. The van der Waals surface area contributed by atoms with Crippen LogP contribution in [0.2, 0.25) is 0 Å². The lowest BCUT2D eigenvalue weighted by Gasteiger charge is -2.35. The van der Waals surface area contributed by atoms with Crippen molar-refractivity contribution in [2.45, 2.75) is 72.6 Å². The zero-order chi connectivity index (χ0) is 19.1. The van der Waals surface area contributed by atoms with Crippen LogP contribution in [0.4, 0.5) is 0 Å². The number of hydrogen-bond acceptors (Lipinski definition) is 0. The molecule has 0 aliphatic heterocycles. The molecule has 0 nitrogen and oxygen atoms in total. The molecule has 4 atom stereocenters. The monoisotopic (exact) mass is 332 g/mol. The summed E-state index contributed by atoms with van der Waals surface area (Å²) in [6.45, 7) is 8.31. The summed E-state index contributed by atoms with van der Waals surface area (Å²) in [6, 6.07) is 0. The van der Waals surface area contributed by atoms with Gasteiger partial charge in [0.05, 0.1) is 0 Å². The van der Waals surface area contributed by atoms with Gasteiger partial charge in [0.25, 0.3) is 0 Å². The minimum Gasteiger partial charge on any atom is -0.120 e. The van der Waals surface area contributed by atoms with Crippen LogP contribution in [0.15, 0.2) is 0 Å². The Bertz CT molecular complexity index is 622. The van der Waals surface area contributed by atoms with Crippen molar-refractivity contribution < 1.29 is 0 Å². The zero-order valence-electron chi connectivity index (χ0n) is 16.4. The molecular weight excluding hydrogens is 300 g/mol. The van der Waals surface area contributed by atoms with Crippen LogP contribution in [-0.2, 0) is 0 Å². The predicted octanol–water partition coefficient (Wildman–Crippen LogP) is 5.54. The highest BCUT2D eigenvalue weighted by Crippen LogP contribution is 2.41. The van der Waals surface area contributed by atoms with E-state index in [0.29, 0.717) is 18.3 Å². The average Bonchev–Trinajstić information content (AvgIpc) is 2.60. The molecule has 0 bridgehead atoms. The van der Waals surface area contributed by atoms with Crippen LogP contribution in [0, 0.1) is 83.9 Å². The first-order valence-corrected chi connectivity index (χ1v) is 9.21. The maximum absolute atomic E-state index is 5.66. The highest BCUT2D eigenvalue weighted by Gasteiger charge is 2.35. The first-order chi connectivity index (χ1) is 12.0. The second kappa shape index (κ2) is 13.1. The quantitative estimate of drug-likeness (QED) is 0.384. The fourth-order valence-electron chi connectivity index (χ4n) is 3.02.